The molecule has 7 nitrogen and oxygen atoms in total. The Hall–Kier alpha value is -4.10. The van der Waals surface area contributed by atoms with Gasteiger partial charge in [0, 0.05) is 68.1 Å². The van der Waals surface area contributed by atoms with E-state index in [-0.39, 0.29) is 29.1 Å². The second kappa shape index (κ2) is 12.0. The van der Waals surface area contributed by atoms with Crippen molar-refractivity contribution < 1.29 is 9.59 Å². The van der Waals surface area contributed by atoms with Crippen LogP contribution in [0.2, 0.25) is 0 Å². The molecule has 45 heavy (non-hydrogen) atoms. The number of nitrogens with zero attached hydrogens (tertiary/aromatic N) is 3. The first-order valence-electron chi connectivity index (χ1n) is 16.2. The van der Waals surface area contributed by atoms with E-state index in [4.69, 9.17) is 0 Å². The van der Waals surface area contributed by atoms with Gasteiger partial charge in [0.1, 0.15) is 5.54 Å². The lowest BCUT2D eigenvalue weighted by molar-refractivity contribution is -0.150. The highest BCUT2D eigenvalue weighted by Gasteiger charge is 2.60. The Morgan fingerprint density at radius 2 is 1.58 bits per heavy atom. The first-order valence-corrected chi connectivity index (χ1v) is 16.2. The van der Waals surface area contributed by atoms with Crippen LogP contribution < -0.4 is 10.2 Å². The van der Waals surface area contributed by atoms with Gasteiger partial charge in [0.2, 0.25) is 11.8 Å². The second-order valence-electron chi connectivity index (χ2n) is 14.0. The Morgan fingerprint density at radius 3 is 2.24 bits per heavy atom. The fraction of sp³-hybridized carbons (Fsp3) is 0.421. The van der Waals surface area contributed by atoms with Crippen molar-refractivity contribution in [2.75, 3.05) is 44.4 Å². The van der Waals surface area contributed by atoms with Crippen LogP contribution in [0, 0.1) is 18.3 Å². The number of carbonyl (C=O) groups excluding carboxylic acids is 2. The number of carbonyl (C=O) groups is 2. The second-order valence-corrected chi connectivity index (χ2v) is 14.0. The minimum atomic E-state index is -0.953. The third-order valence-electron chi connectivity index (χ3n) is 10.6. The SMILES string of the molecule is Cc1[nH]c2ccccc2c1[C@H]1[C@H](CC(=O)N(Cc2ccccc2)C2(C(=O)Nc3ccc(N(C)C)cc3)CCN(C)CC2)C1(C)C. The number of fused-ring (bicyclic) bond motifs is 1. The molecule has 0 unspecified atom stereocenters. The van der Waals surface area contributed by atoms with Crippen LogP contribution in [-0.4, -0.2) is 66.4 Å². The van der Waals surface area contributed by atoms with Gasteiger partial charge < -0.3 is 25.0 Å². The van der Waals surface area contributed by atoms with E-state index < -0.39 is 5.54 Å². The molecule has 7 heteroatoms. The standard InChI is InChI=1S/C38H47N5O2/c1-26-34(30-14-10-11-15-32(30)39-26)35-31(37(35,2)3)24-33(44)43(25-27-12-8-7-9-13-27)38(20-22-42(6)23-21-38)36(45)40-28-16-18-29(19-17-28)41(4)5/h7-19,31,35,39H,20-25H2,1-6H3,(H,40,45)/t31-,35+/m0/s1. The van der Waals surface area contributed by atoms with Crippen molar-refractivity contribution in [3.63, 3.8) is 0 Å². The van der Waals surface area contributed by atoms with Gasteiger partial charge in [-0.15, -0.1) is 0 Å². The highest BCUT2D eigenvalue weighted by molar-refractivity contribution is 6.01. The molecule has 2 heterocycles. The minimum absolute atomic E-state index is 0.0276. The Morgan fingerprint density at radius 1 is 0.933 bits per heavy atom. The third-order valence-corrected chi connectivity index (χ3v) is 10.6. The van der Waals surface area contributed by atoms with Gasteiger partial charge in [0.25, 0.3) is 0 Å². The molecule has 2 aliphatic rings. The summed E-state index contributed by atoms with van der Waals surface area (Å²) in [5, 5.41) is 4.47. The number of aromatic nitrogens is 1. The van der Waals surface area contributed by atoms with E-state index in [9.17, 15) is 9.59 Å². The van der Waals surface area contributed by atoms with E-state index in [0.29, 0.717) is 25.8 Å². The van der Waals surface area contributed by atoms with E-state index in [1.54, 1.807) is 0 Å². The first kappa shape index (κ1) is 30.9. The topological polar surface area (TPSA) is 71.7 Å². The van der Waals surface area contributed by atoms with Gasteiger partial charge >= 0.3 is 0 Å². The number of benzene rings is 3. The number of aryl methyl sites for hydroxylation is 1. The van der Waals surface area contributed by atoms with E-state index in [2.05, 4.69) is 79.4 Å². The fourth-order valence-corrected chi connectivity index (χ4v) is 7.64. The molecule has 1 saturated carbocycles. The highest BCUT2D eigenvalue weighted by atomic mass is 16.2. The monoisotopic (exact) mass is 605 g/mol. The summed E-state index contributed by atoms with van der Waals surface area (Å²) in [4.78, 5) is 39.0. The van der Waals surface area contributed by atoms with Gasteiger partial charge in [-0.05, 0) is 85.5 Å². The van der Waals surface area contributed by atoms with Gasteiger partial charge in [0.05, 0.1) is 0 Å². The molecule has 1 aliphatic carbocycles. The first-order chi connectivity index (χ1) is 21.5. The molecule has 2 amide bonds. The number of anilines is 2. The molecule has 6 rings (SSSR count). The number of nitrogens with one attached hydrogen (secondary N) is 2. The molecule has 1 aromatic heterocycles. The van der Waals surface area contributed by atoms with E-state index in [1.807, 2.05) is 66.4 Å². The molecular formula is C38H47N5O2. The van der Waals surface area contributed by atoms with E-state index in [0.717, 1.165) is 35.5 Å². The maximum atomic E-state index is 14.7. The maximum Gasteiger partial charge on any atom is 0.250 e. The fourth-order valence-electron chi connectivity index (χ4n) is 7.64. The quantitative estimate of drug-likeness (QED) is 0.220. The molecule has 0 spiro atoms. The van der Waals surface area contributed by atoms with Gasteiger partial charge in [-0.2, -0.15) is 0 Å². The summed E-state index contributed by atoms with van der Waals surface area (Å²) in [5.74, 6) is 0.413. The smallest absolute Gasteiger partial charge is 0.250 e. The average Bonchev–Trinajstić information content (AvgIpc) is 3.37. The van der Waals surface area contributed by atoms with Gasteiger partial charge in [-0.25, -0.2) is 0 Å². The Labute approximate surface area is 267 Å². The normalized spacial score (nSPS) is 20.5. The van der Waals surface area contributed by atoms with Gasteiger partial charge in [-0.3, -0.25) is 9.59 Å². The number of amides is 2. The molecule has 1 saturated heterocycles. The number of para-hydroxylation sites is 1. The van der Waals surface area contributed by atoms with Crippen molar-refractivity contribution in [3.8, 4) is 0 Å². The number of hydrogen-bond donors (Lipinski definition) is 2. The van der Waals surface area contributed by atoms with Crippen molar-refractivity contribution in [2.24, 2.45) is 11.3 Å². The predicted octanol–water partition coefficient (Wildman–Crippen LogP) is 6.80. The van der Waals surface area contributed by atoms with Crippen molar-refractivity contribution in [1.82, 2.24) is 14.8 Å². The van der Waals surface area contributed by atoms with Crippen LogP contribution >= 0.6 is 0 Å². The van der Waals surface area contributed by atoms with Crippen LogP contribution in [0.1, 0.15) is 55.8 Å². The molecule has 4 aromatic rings. The molecule has 2 fully saturated rings. The van der Waals surface area contributed by atoms with Crippen molar-refractivity contribution in [1.29, 1.82) is 0 Å². The van der Waals surface area contributed by atoms with Gasteiger partial charge in [-0.1, -0.05) is 62.4 Å². The van der Waals surface area contributed by atoms with Crippen LogP contribution in [0.25, 0.3) is 10.9 Å². The Bertz CT molecular complexity index is 1670. The lowest BCUT2D eigenvalue weighted by Gasteiger charge is -2.47. The largest absolute Gasteiger partial charge is 0.378 e. The number of piperidine rings is 1. The third kappa shape index (κ3) is 5.86. The average molecular weight is 606 g/mol. The Kier molecular flexibility index (Phi) is 8.25. The van der Waals surface area contributed by atoms with Crippen LogP contribution in [0.15, 0.2) is 78.9 Å². The summed E-state index contributed by atoms with van der Waals surface area (Å²) in [7, 11) is 6.09. The Balaban J connectivity index is 1.33. The zero-order valence-electron chi connectivity index (χ0n) is 27.6. The number of hydrogen-bond acceptors (Lipinski definition) is 4. The maximum absolute atomic E-state index is 14.7. The summed E-state index contributed by atoms with van der Waals surface area (Å²) in [5.41, 5.74) is 5.51. The lowest BCUT2D eigenvalue weighted by atomic mass is 9.83. The molecular weight excluding hydrogens is 558 g/mol. The molecule has 1 aliphatic heterocycles. The lowest BCUT2D eigenvalue weighted by Crippen LogP contribution is -2.62. The van der Waals surface area contributed by atoms with Crippen molar-refractivity contribution in [2.45, 2.75) is 58.0 Å². The molecule has 236 valence electrons. The zero-order valence-corrected chi connectivity index (χ0v) is 27.6. The summed E-state index contributed by atoms with van der Waals surface area (Å²) in [6, 6.07) is 26.5. The summed E-state index contributed by atoms with van der Waals surface area (Å²) in [6.45, 7) is 8.62. The molecule has 0 bridgehead atoms. The number of aromatic amines is 1. The van der Waals surface area contributed by atoms with E-state index in [1.165, 1.54) is 16.6 Å². The highest BCUT2D eigenvalue weighted by Crippen LogP contribution is 2.67. The molecule has 2 atom stereocenters. The number of H-pyrrole nitrogens is 1. The van der Waals surface area contributed by atoms with Crippen molar-refractivity contribution >= 4 is 34.1 Å². The van der Waals surface area contributed by atoms with Crippen LogP contribution in [0.4, 0.5) is 11.4 Å². The molecule has 0 radical (unpaired) electrons. The van der Waals surface area contributed by atoms with E-state index >= 15 is 0 Å². The van der Waals surface area contributed by atoms with Crippen molar-refractivity contribution in [3.05, 3.63) is 95.7 Å². The zero-order chi connectivity index (χ0) is 31.9. The molecule has 2 N–H and O–H groups in total. The minimum Gasteiger partial charge on any atom is -0.378 e. The summed E-state index contributed by atoms with van der Waals surface area (Å²) < 4.78 is 0. The molecule has 3 aromatic carbocycles. The summed E-state index contributed by atoms with van der Waals surface area (Å²) >= 11 is 0. The summed E-state index contributed by atoms with van der Waals surface area (Å²) in [6.07, 6.45) is 1.58. The van der Waals surface area contributed by atoms with Crippen LogP contribution in [0.3, 0.4) is 0 Å². The number of rotatable bonds is 9. The van der Waals surface area contributed by atoms with Crippen LogP contribution in [0.5, 0.6) is 0 Å². The van der Waals surface area contributed by atoms with Gasteiger partial charge in [0.15, 0.2) is 0 Å². The predicted molar refractivity (Wildman–Crippen MR) is 184 cm³/mol. The van der Waals surface area contributed by atoms with Crippen LogP contribution in [-0.2, 0) is 16.1 Å². The number of likely N-dealkylation sites (tertiary alicyclic amines) is 1.